The zero-order valence-corrected chi connectivity index (χ0v) is 17.0. The fourth-order valence-electron chi connectivity index (χ4n) is 1.10. The van der Waals surface area contributed by atoms with Gasteiger partial charge in [0, 0.05) is 0 Å². The van der Waals surface area contributed by atoms with Gasteiger partial charge < -0.3 is 0 Å². The number of halogens is 6. The third kappa shape index (κ3) is 4.36. The molecule has 1 aromatic rings. The normalized spacial score (nSPS) is 13.0. The van der Waals surface area contributed by atoms with Crippen molar-refractivity contribution < 1.29 is 0 Å². The maximum atomic E-state index is 3.53. The van der Waals surface area contributed by atoms with Crippen molar-refractivity contribution in [1.82, 2.24) is 0 Å². The Morgan fingerprint density at radius 3 is 1.80 bits per heavy atom. The lowest BCUT2D eigenvalue weighted by Crippen LogP contribution is -2.05. The molecule has 0 spiro atoms. The Labute approximate surface area is 140 Å². The van der Waals surface area contributed by atoms with Crippen molar-refractivity contribution in [3.05, 3.63) is 34.9 Å². The molecule has 0 unspecified atom stereocenters. The van der Waals surface area contributed by atoms with Crippen LogP contribution in [-0.2, 0) is 4.29 Å². The van der Waals surface area contributed by atoms with E-state index >= 15 is 0 Å². The second-order valence-electron chi connectivity index (χ2n) is 3.03. The Morgan fingerprint density at radius 2 is 1.40 bits per heavy atom. The Hall–Kier alpha value is 2.10. The van der Waals surface area contributed by atoms with E-state index in [4.69, 9.17) is 0 Å². The second kappa shape index (κ2) is 5.39. The number of hydrogen-bond acceptors (Lipinski definition) is 0. The van der Waals surface area contributed by atoms with Gasteiger partial charge in [0.2, 0.25) is 0 Å². The average Bonchev–Trinajstić information content (AvgIpc) is 2.00. The first-order valence-corrected chi connectivity index (χ1v) is 8.63. The molecule has 0 fully saturated rings. The lowest BCUT2D eigenvalue weighted by atomic mass is 10.1. The molecule has 1 aromatic carbocycles. The Bertz CT molecular complexity index is 360. The van der Waals surface area contributed by atoms with E-state index in [0.717, 1.165) is 11.1 Å². The van der Waals surface area contributed by atoms with Crippen LogP contribution in [-0.4, -0.2) is 0 Å². The van der Waals surface area contributed by atoms with Gasteiger partial charge in [0.25, 0.3) is 0 Å². The van der Waals surface area contributed by atoms with Crippen LogP contribution in [0.1, 0.15) is 16.7 Å². The van der Waals surface area contributed by atoms with E-state index in [0.29, 0.717) is 0 Å². The van der Waals surface area contributed by atoms with E-state index in [1.54, 1.807) is 0 Å². The molecule has 0 radical (unpaired) electrons. The van der Waals surface area contributed by atoms with Gasteiger partial charge in [-0.25, -0.2) is 0 Å². The van der Waals surface area contributed by atoms with Gasteiger partial charge >= 0.3 is 0 Å². The number of hydrogen-bond donors (Lipinski definition) is 0. The van der Waals surface area contributed by atoms with Crippen LogP contribution in [0.4, 0.5) is 0 Å². The van der Waals surface area contributed by atoms with Crippen molar-refractivity contribution in [2.24, 2.45) is 0 Å². The molecule has 0 aliphatic rings. The van der Waals surface area contributed by atoms with Gasteiger partial charge in [-0.2, -0.15) is 0 Å². The van der Waals surface area contributed by atoms with Crippen molar-refractivity contribution in [3.63, 3.8) is 0 Å². The Morgan fingerprint density at radius 1 is 0.867 bits per heavy atom. The first kappa shape index (κ1) is 15.2. The molecular formula is C9H6Br6. The molecule has 15 heavy (non-hydrogen) atoms. The molecule has 0 heterocycles. The molecule has 6 heteroatoms. The summed E-state index contributed by atoms with van der Waals surface area (Å²) in [5, 5.41) is 0. The van der Waals surface area contributed by atoms with E-state index < -0.39 is 0 Å². The summed E-state index contributed by atoms with van der Waals surface area (Å²) in [7, 11) is 0. The van der Waals surface area contributed by atoms with Crippen LogP contribution in [0.2, 0.25) is 0 Å². The summed E-state index contributed by atoms with van der Waals surface area (Å²) in [6.07, 6.45) is 0. The largest absolute Gasteiger partial charge is 0.160 e. The zero-order chi connectivity index (χ0) is 11.9. The molecule has 0 atom stereocenters. The maximum absolute atomic E-state index is 3.53. The molecule has 0 saturated heterocycles. The van der Waals surface area contributed by atoms with Crippen molar-refractivity contribution in [3.8, 4) is 0 Å². The van der Waals surface area contributed by atoms with Crippen LogP contribution >= 0.6 is 95.6 Å². The number of benzene rings is 1. The molecular weight excluding hydrogens is 588 g/mol. The SMILES string of the molecule is Cc1ccc(C(Br)(Br)Br)cc1C(Br)(Br)Br. The molecule has 84 valence electrons. The molecule has 0 saturated carbocycles. The number of alkyl halides is 6. The minimum Gasteiger partial charge on any atom is -0.0586 e. The van der Waals surface area contributed by atoms with E-state index in [1.807, 2.05) is 0 Å². The van der Waals surface area contributed by atoms with Crippen LogP contribution in [0, 0.1) is 6.92 Å². The minimum absolute atomic E-state index is 0.381. The monoisotopic (exact) mass is 588 g/mol. The molecule has 1 rings (SSSR count). The van der Waals surface area contributed by atoms with E-state index in [2.05, 4.69) is 121 Å². The van der Waals surface area contributed by atoms with E-state index in [9.17, 15) is 0 Å². The van der Waals surface area contributed by atoms with Crippen LogP contribution in [0.25, 0.3) is 0 Å². The fraction of sp³-hybridized carbons (Fsp3) is 0.333. The number of rotatable bonds is 0. The smallest absolute Gasteiger partial charge is 0.0586 e. The highest BCUT2D eigenvalue weighted by molar-refractivity contribution is 9.39. The third-order valence-electron chi connectivity index (χ3n) is 1.87. The zero-order valence-electron chi connectivity index (χ0n) is 7.50. The molecule has 0 nitrogen and oxygen atoms in total. The van der Waals surface area contributed by atoms with Gasteiger partial charge in [-0.1, -0.05) is 108 Å². The molecule has 0 aliphatic carbocycles. The Balaban J connectivity index is 3.30. The highest BCUT2D eigenvalue weighted by Gasteiger charge is 2.27. The van der Waals surface area contributed by atoms with Crippen molar-refractivity contribution >= 4 is 95.6 Å². The van der Waals surface area contributed by atoms with Crippen LogP contribution in [0.3, 0.4) is 0 Å². The van der Waals surface area contributed by atoms with E-state index in [1.165, 1.54) is 5.56 Å². The first-order chi connectivity index (χ1) is 6.62. The van der Waals surface area contributed by atoms with Gasteiger partial charge in [0.1, 0.15) is 0 Å². The quantitative estimate of drug-likeness (QED) is 0.298. The second-order valence-corrected chi connectivity index (χ2v) is 16.5. The van der Waals surface area contributed by atoms with Crippen LogP contribution in [0.5, 0.6) is 0 Å². The maximum Gasteiger partial charge on any atom is 0.160 e. The average molecular weight is 594 g/mol. The molecule has 0 bridgehead atoms. The van der Waals surface area contributed by atoms with Crippen LogP contribution < -0.4 is 0 Å². The summed E-state index contributed by atoms with van der Waals surface area (Å²) in [4.78, 5) is 0. The lowest BCUT2D eigenvalue weighted by molar-refractivity contribution is 1.23. The van der Waals surface area contributed by atoms with Crippen molar-refractivity contribution in [2.75, 3.05) is 0 Å². The molecule has 0 aliphatic heterocycles. The van der Waals surface area contributed by atoms with E-state index in [-0.39, 0.29) is 4.29 Å². The molecule has 0 amide bonds. The van der Waals surface area contributed by atoms with Gasteiger partial charge in [0.15, 0.2) is 4.29 Å². The number of aryl methyl sites for hydroxylation is 1. The van der Waals surface area contributed by atoms with Gasteiger partial charge in [-0.05, 0) is 29.7 Å². The topological polar surface area (TPSA) is 0 Å². The summed E-state index contributed by atoms with van der Waals surface area (Å²) < 4.78 is -0.765. The molecule has 0 N–H and O–H groups in total. The predicted molar refractivity (Wildman–Crippen MR) is 88.1 cm³/mol. The summed E-state index contributed by atoms with van der Waals surface area (Å²) in [5.74, 6) is 0. The summed E-state index contributed by atoms with van der Waals surface area (Å²) in [5.41, 5.74) is 3.41. The summed E-state index contributed by atoms with van der Waals surface area (Å²) >= 11 is 21.1. The predicted octanol–water partition coefficient (Wildman–Crippen LogP) is 6.59. The minimum atomic E-state index is -0.384. The molecule has 0 aromatic heterocycles. The van der Waals surface area contributed by atoms with Crippen LogP contribution in [0.15, 0.2) is 18.2 Å². The van der Waals surface area contributed by atoms with Crippen molar-refractivity contribution in [2.45, 2.75) is 11.2 Å². The lowest BCUT2D eigenvalue weighted by Gasteiger charge is -2.20. The van der Waals surface area contributed by atoms with Gasteiger partial charge in [-0.15, -0.1) is 0 Å². The third-order valence-corrected chi connectivity index (χ3v) is 4.53. The fourth-order valence-corrected chi connectivity index (χ4v) is 3.13. The summed E-state index contributed by atoms with van der Waals surface area (Å²) in [6, 6.07) is 6.21. The van der Waals surface area contributed by atoms with Gasteiger partial charge in [-0.3, -0.25) is 0 Å². The standard InChI is InChI=1S/C9H6Br6/c1-5-2-3-6(8(10,11)12)4-7(5)9(13,14)15/h2-4H,1H3. The van der Waals surface area contributed by atoms with Gasteiger partial charge in [0.05, 0.1) is 0 Å². The Kier molecular flexibility index (Phi) is 5.45. The summed E-state index contributed by atoms with van der Waals surface area (Å²) in [6.45, 7) is 2.07. The highest BCUT2D eigenvalue weighted by atomic mass is 80.0. The van der Waals surface area contributed by atoms with Crippen molar-refractivity contribution in [1.29, 1.82) is 0 Å². The first-order valence-electron chi connectivity index (χ1n) is 3.87. The highest BCUT2D eigenvalue weighted by Crippen LogP contribution is 2.49.